The molecule has 0 N–H and O–H groups in total. The summed E-state index contributed by atoms with van der Waals surface area (Å²) >= 11 is 4.74. The fourth-order valence-corrected chi connectivity index (χ4v) is 2.82. The van der Waals surface area contributed by atoms with Gasteiger partial charge in [0.2, 0.25) is 5.78 Å². The van der Waals surface area contributed by atoms with Crippen LogP contribution in [-0.2, 0) is 0 Å². The Labute approximate surface area is 121 Å². The van der Waals surface area contributed by atoms with Crippen LogP contribution in [-0.4, -0.2) is 5.78 Å². The van der Waals surface area contributed by atoms with E-state index in [-0.39, 0.29) is 5.57 Å². The van der Waals surface area contributed by atoms with Gasteiger partial charge >= 0.3 is 0 Å². The second-order valence-corrected chi connectivity index (χ2v) is 6.14. The summed E-state index contributed by atoms with van der Waals surface area (Å²) in [4.78, 5) is 12.9. The Bertz CT molecular complexity index is 682. The molecule has 0 saturated heterocycles. The van der Waals surface area contributed by atoms with Crippen molar-refractivity contribution in [1.82, 2.24) is 0 Å². The van der Waals surface area contributed by atoms with Crippen molar-refractivity contribution in [3.05, 3.63) is 62.0 Å². The van der Waals surface area contributed by atoms with Crippen LogP contribution in [0.15, 0.2) is 45.8 Å². The molecule has 1 aromatic heterocycles. The third-order valence-corrected chi connectivity index (χ3v) is 3.92. The molecule has 2 nitrogen and oxygen atoms in total. The number of rotatable bonds is 3. The molecule has 0 saturated carbocycles. The lowest BCUT2D eigenvalue weighted by Crippen LogP contribution is -2.01. The fourth-order valence-electron chi connectivity index (χ4n) is 1.45. The van der Waals surface area contributed by atoms with E-state index >= 15 is 0 Å². The number of hydrogen-bond acceptors (Lipinski definition) is 3. The second-order valence-electron chi connectivity index (χ2n) is 3.65. The average Bonchev–Trinajstić information content (AvgIpc) is 2.81. The summed E-state index contributed by atoms with van der Waals surface area (Å²) in [5.74, 6) is -0.826. The quantitative estimate of drug-likeness (QED) is 0.472. The number of ketones is 1. The molecule has 2 rings (SSSR count). The van der Waals surface area contributed by atoms with Gasteiger partial charge in [-0.05, 0) is 58.4 Å². The van der Waals surface area contributed by atoms with Crippen LogP contribution in [0.4, 0.5) is 4.39 Å². The normalized spacial score (nSPS) is 11.1. The van der Waals surface area contributed by atoms with Crippen molar-refractivity contribution in [2.45, 2.75) is 0 Å². The summed E-state index contributed by atoms with van der Waals surface area (Å²) in [6.45, 7) is 0. The minimum absolute atomic E-state index is 0.0287. The SMILES string of the molecule is N#C/C(=C\c1ccc(Br)s1)C(=O)c1ccc(F)cc1. The maximum atomic E-state index is 12.8. The molecule has 0 aliphatic heterocycles. The van der Waals surface area contributed by atoms with Crippen molar-refractivity contribution < 1.29 is 9.18 Å². The minimum atomic E-state index is -0.416. The number of carbonyl (C=O) groups excluding carboxylic acids is 1. The van der Waals surface area contributed by atoms with E-state index in [1.165, 1.54) is 41.7 Å². The predicted octanol–water partition coefficient (Wildman–Crippen LogP) is 4.44. The lowest BCUT2D eigenvalue weighted by Gasteiger charge is -1.98. The standard InChI is InChI=1S/C14H7BrFNOS/c15-13-6-5-12(19-13)7-10(8-17)14(18)9-1-3-11(16)4-2-9/h1-7H/b10-7+. The number of allylic oxidation sites excluding steroid dienone is 1. The van der Waals surface area contributed by atoms with Crippen molar-refractivity contribution in [3.63, 3.8) is 0 Å². The zero-order valence-corrected chi connectivity index (χ0v) is 12.0. The van der Waals surface area contributed by atoms with E-state index in [0.717, 1.165) is 8.66 Å². The maximum Gasteiger partial charge on any atom is 0.203 e. The highest BCUT2D eigenvalue weighted by molar-refractivity contribution is 9.11. The fraction of sp³-hybridized carbons (Fsp3) is 0. The van der Waals surface area contributed by atoms with Gasteiger partial charge in [-0.3, -0.25) is 4.79 Å². The van der Waals surface area contributed by atoms with Crippen LogP contribution in [0.5, 0.6) is 0 Å². The van der Waals surface area contributed by atoms with E-state index in [4.69, 9.17) is 5.26 Å². The summed E-state index contributed by atoms with van der Waals surface area (Å²) in [6, 6.07) is 10.7. The topological polar surface area (TPSA) is 40.9 Å². The van der Waals surface area contributed by atoms with Crippen molar-refractivity contribution in [3.8, 4) is 6.07 Å². The summed E-state index contributed by atoms with van der Waals surface area (Å²) in [6.07, 6.45) is 1.53. The molecule has 94 valence electrons. The molecule has 0 bridgehead atoms. The molecule has 0 aliphatic rings. The van der Waals surface area contributed by atoms with Crippen LogP contribution in [0, 0.1) is 17.1 Å². The van der Waals surface area contributed by atoms with Crippen LogP contribution in [0.1, 0.15) is 15.2 Å². The van der Waals surface area contributed by atoms with Crippen LogP contribution >= 0.6 is 27.3 Å². The molecule has 1 heterocycles. The van der Waals surface area contributed by atoms with Gasteiger partial charge in [-0.25, -0.2) is 4.39 Å². The zero-order valence-electron chi connectivity index (χ0n) is 9.56. The number of benzene rings is 1. The van der Waals surface area contributed by atoms with Crippen molar-refractivity contribution in [2.24, 2.45) is 0 Å². The van der Waals surface area contributed by atoms with Gasteiger partial charge in [0.25, 0.3) is 0 Å². The predicted molar refractivity (Wildman–Crippen MR) is 76.3 cm³/mol. The largest absolute Gasteiger partial charge is 0.288 e. The van der Waals surface area contributed by atoms with Gasteiger partial charge in [-0.1, -0.05) is 0 Å². The first-order valence-corrected chi connectivity index (χ1v) is 6.88. The number of halogens is 2. The number of Topliss-reactive ketones (excluding diaryl/α,β-unsaturated/α-hetero) is 1. The molecular weight excluding hydrogens is 329 g/mol. The number of thiophene rings is 1. The summed E-state index contributed by atoms with van der Waals surface area (Å²) < 4.78 is 13.7. The Morgan fingerprint density at radius 2 is 1.95 bits per heavy atom. The van der Waals surface area contributed by atoms with Crippen molar-refractivity contribution in [1.29, 1.82) is 5.26 Å². The third-order valence-electron chi connectivity index (χ3n) is 2.35. The molecule has 0 spiro atoms. The summed E-state index contributed by atoms with van der Waals surface area (Å²) in [5, 5.41) is 9.06. The van der Waals surface area contributed by atoms with E-state index in [0.29, 0.717) is 5.56 Å². The lowest BCUT2D eigenvalue weighted by atomic mass is 10.0. The van der Waals surface area contributed by atoms with Gasteiger partial charge in [-0.15, -0.1) is 11.3 Å². The van der Waals surface area contributed by atoms with Gasteiger partial charge in [0.15, 0.2) is 0 Å². The molecule has 0 aliphatic carbocycles. The monoisotopic (exact) mass is 335 g/mol. The van der Waals surface area contributed by atoms with Crippen molar-refractivity contribution in [2.75, 3.05) is 0 Å². The molecule has 1 aromatic carbocycles. The van der Waals surface area contributed by atoms with Gasteiger partial charge < -0.3 is 0 Å². The van der Waals surface area contributed by atoms with Gasteiger partial charge in [0.05, 0.1) is 3.79 Å². The van der Waals surface area contributed by atoms with E-state index in [1.807, 2.05) is 18.2 Å². The Balaban J connectivity index is 2.32. The average molecular weight is 336 g/mol. The number of hydrogen-bond donors (Lipinski definition) is 0. The first kappa shape index (κ1) is 13.7. The van der Waals surface area contributed by atoms with E-state index in [9.17, 15) is 9.18 Å². The first-order chi connectivity index (χ1) is 9.10. The van der Waals surface area contributed by atoms with Crippen molar-refractivity contribution >= 4 is 39.1 Å². The number of nitriles is 1. The lowest BCUT2D eigenvalue weighted by molar-refractivity contribution is 0.104. The molecule has 0 atom stereocenters. The van der Waals surface area contributed by atoms with Crippen LogP contribution in [0.2, 0.25) is 0 Å². The summed E-state index contributed by atoms with van der Waals surface area (Å²) in [5.41, 5.74) is 0.325. The smallest absolute Gasteiger partial charge is 0.203 e. The highest BCUT2D eigenvalue weighted by atomic mass is 79.9. The van der Waals surface area contributed by atoms with E-state index in [1.54, 1.807) is 0 Å². The summed E-state index contributed by atoms with van der Waals surface area (Å²) in [7, 11) is 0. The molecule has 0 fully saturated rings. The van der Waals surface area contributed by atoms with Gasteiger partial charge in [-0.2, -0.15) is 5.26 Å². The highest BCUT2D eigenvalue weighted by Crippen LogP contribution is 2.24. The molecule has 0 radical (unpaired) electrons. The van der Waals surface area contributed by atoms with Gasteiger partial charge in [0.1, 0.15) is 17.5 Å². The molecule has 19 heavy (non-hydrogen) atoms. The third kappa shape index (κ3) is 3.37. The Hall–Kier alpha value is -1.77. The molecule has 0 amide bonds. The molecule has 5 heteroatoms. The van der Waals surface area contributed by atoms with Crippen LogP contribution in [0.3, 0.4) is 0 Å². The number of carbonyl (C=O) groups is 1. The van der Waals surface area contributed by atoms with E-state index in [2.05, 4.69) is 15.9 Å². The second kappa shape index (κ2) is 5.91. The maximum absolute atomic E-state index is 12.8. The Morgan fingerprint density at radius 3 is 2.47 bits per heavy atom. The minimum Gasteiger partial charge on any atom is -0.288 e. The first-order valence-electron chi connectivity index (χ1n) is 5.27. The van der Waals surface area contributed by atoms with Gasteiger partial charge in [0, 0.05) is 10.4 Å². The van der Waals surface area contributed by atoms with Crippen LogP contribution < -0.4 is 0 Å². The molecule has 0 unspecified atom stereocenters. The van der Waals surface area contributed by atoms with Crippen LogP contribution in [0.25, 0.3) is 6.08 Å². The highest BCUT2D eigenvalue weighted by Gasteiger charge is 2.12. The molecular formula is C14H7BrFNOS. The number of nitrogens with zero attached hydrogens (tertiary/aromatic N) is 1. The molecule has 2 aromatic rings. The Kier molecular flexibility index (Phi) is 4.25. The van der Waals surface area contributed by atoms with E-state index < -0.39 is 11.6 Å². The Morgan fingerprint density at radius 1 is 1.26 bits per heavy atom. The zero-order chi connectivity index (χ0) is 13.8.